The van der Waals surface area contributed by atoms with Crippen LogP contribution in [0.3, 0.4) is 0 Å². The molecule has 0 bridgehead atoms. The maximum absolute atomic E-state index is 13.4. The van der Waals surface area contributed by atoms with Crippen LogP contribution in [0.15, 0.2) is 47.1 Å². The third-order valence-corrected chi connectivity index (χ3v) is 4.22. The number of pyridine rings is 1. The van der Waals surface area contributed by atoms with Crippen molar-refractivity contribution < 1.29 is 23.1 Å². The van der Waals surface area contributed by atoms with Crippen molar-refractivity contribution in [2.75, 3.05) is 0 Å². The SMILES string of the molecule is O=C(c1cccs1)N1N=C(c2cccnc2)CC1(O)C(F)(F)F. The minimum atomic E-state index is -5.05. The van der Waals surface area contributed by atoms with E-state index in [2.05, 4.69) is 10.1 Å². The van der Waals surface area contributed by atoms with Gasteiger partial charge in [-0.3, -0.25) is 9.78 Å². The average Bonchev–Trinajstić information content (AvgIpc) is 3.15. The molecule has 2 aromatic rings. The zero-order chi connectivity index (χ0) is 16.7. The average molecular weight is 341 g/mol. The molecule has 1 N–H and O–H groups in total. The summed E-state index contributed by atoms with van der Waals surface area (Å²) in [7, 11) is 0. The lowest BCUT2D eigenvalue weighted by molar-refractivity contribution is -0.297. The number of amides is 1. The molecule has 0 spiro atoms. The van der Waals surface area contributed by atoms with Gasteiger partial charge in [0.15, 0.2) is 0 Å². The van der Waals surface area contributed by atoms with Crippen LogP contribution < -0.4 is 0 Å². The van der Waals surface area contributed by atoms with Crippen molar-refractivity contribution in [3.05, 3.63) is 52.5 Å². The van der Waals surface area contributed by atoms with E-state index in [1.54, 1.807) is 5.38 Å². The van der Waals surface area contributed by atoms with Gasteiger partial charge in [0.2, 0.25) is 0 Å². The second-order valence-corrected chi connectivity index (χ2v) is 5.82. The van der Waals surface area contributed by atoms with E-state index in [-0.39, 0.29) is 15.6 Å². The number of alkyl halides is 3. The lowest BCUT2D eigenvalue weighted by Crippen LogP contribution is -2.56. The van der Waals surface area contributed by atoms with Crippen molar-refractivity contribution in [1.29, 1.82) is 0 Å². The van der Waals surface area contributed by atoms with Gasteiger partial charge in [0.05, 0.1) is 17.0 Å². The molecule has 0 saturated heterocycles. The van der Waals surface area contributed by atoms with Gasteiger partial charge in [0.25, 0.3) is 11.6 Å². The third-order valence-electron chi connectivity index (χ3n) is 3.36. The van der Waals surface area contributed by atoms with E-state index in [0.29, 0.717) is 5.56 Å². The normalized spacial score (nSPS) is 21.4. The quantitative estimate of drug-likeness (QED) is 0.913. The van der Waals surface area contributed by atoms with Crippen LogP contribution >= 0.6 is 11.3 Å². The molecule has 0 aromatic carbocycles. The summed E-state index contributed by atoms with van der Waals surface area (Å²) in [6.07, 6.45) is -3.11. The number of hydrogen-bond donors (Lipinski definition) is 1. The molecule has 120 valence electrons. The minimum Gasteiger partial charge on any atom is -0.362 e. The second-order valence-electron chi connectivity index (χ2n) is 4.87. The highest BCUT2D eigenvalue weighted by Crippen LogP contribution is 2.42. The topological polar surface area (TPSA) is 65.8 Å². The van der Waals surface area contributed by atoms with Crippen LogP contribution in [-0.2, 0) is 0 Å². The molecular weight excluding hydrogens is 331 g/mol. The Morgan fingerprint density at radius 3 is 2.70 bits per heavy atom. The van der Waals surface area contributed by atoms with Gasteiger partial charge in [0.1, 0.15) is 0 Å². The van der Waals surface area contributed by atoms with Crippen LogP contribution in [0.5, 0.6) is 0 Å². The van der Waals surface area contributed by atoms with Crippen LogP contribution in [0, 0.1) is 0 Å². The van der Waals surface area contributed by atoms with E-state index in [1.165, 1.54) is 36.7 Å². The molecule has 0 aliphatic carbocycles. The highest BCUT2D eigenvalue weighted by molar-refractivity contribution is 7.12. The zero-order valence-corrected chi connectivity index (χ0v) is 12.3. The molecule has 0 saturated carbocycles. The number of carbonyl (C=O) groups is 1. The van der Waals surface area contributed by atoms with Gasteiger partial charge in [-0.15, -0.1) is 11.3 Å². The Bertz CT molecular complexity index is 746. The zero-order valence-electron chi connectivity index (χ0n) is 11.5. The summed E-state index contributed by atoms with van der Waals surface area (Å²) in [6.45, 7) is 0. The summed E-state index contributed by atoms with van der Waals surface area (Å²) in [5.74, 6) is -1.00. The number of rotatable bonds is 2. The Labute approximate surface area is 132 Å². The summed E-state index contributed by atoms with van der Waals surface area (Å²) >= 11 is 0.975. The summed E-state index contributed by atoms with van der Waals surface area (Å²) in [5, 5.41) is 15.5. The molecular formula is C14H10F3N3O2S. The molecule has 2 aromatic heterocycles. The van der Waals surface area contributed by atoms with Crippen LogP contribution in [0.1, 0.15) is 21.7 Å². The first-order chi connectivity index (χ1) is 10.8. The van der Waals surface area contributed by atoms with Gasteiger partial charge in [-0.2, -0.15) is 23.3 Å². The van der Waals surface area contributed by atoms with Crippen molar-refractivity contribution in [3.63, 3.8) is 0 Å². The van der Waals surface area contributed by atoms with Crippen molar-refractivity contribution in [1.82, 2.24) is 9.99 Å². The van der Waals surface area contributed by atoms with Gasteiger partial charge in [0, 0.05) is 18.0 Å². The number of hydrazone groups is 1. The Balaban J connectivity index is 2.04. The van der Waals surface area contributed by atoms with Crippen molar-refractivity contribution >= 4 is 23.0 Å². The number of aromatic nitrogens is 1. The third kappa shape index (κ3) is 2.62. The fourth-order valence-electron chi connectivity index (χ4n) is 2.18. The molecule has 0 radical (unpaired) electrons. The highest BCUT2D eigenvalue weighted by atomic mass is 32.1. The van der Waals surface area contributed by atoms with E-state index < -0.39 is 24.2 Å². The molecule has 3 heterocycles. The molecule has 1 aliphatic rings. The molecule has 3 rings (SSSR count). The Morgan fingerprint density at radius 1 is 1.35 bits per heavy atom. The number of carbonyl (C=O) groups excluding carboxylic acids is 1. The summed E-state index contributed by atoms with van der Waals surface area (Å²) in [6, 6.07) is 5.96. The van der Waals surface area contributed by atoms with Crippen LogP contribution in [0.2, 0.25) is 0 Å². The second kappa shape index (κ2) is 5.43. The maximum Gasteiger partial charge on any atom is 0.438 e. The van der Waals surface area contributed by atoms with Crippen LogP contribution in [0.4, 0.5) is 13.2 Å². The van der Waals surface area contributed by atoms with Gasteiger partial charge < -0.3 is 5.11 Å². The lowest BCUT2D eigenvalue weighted by Gasteiger charge is -2.32. The monoisotopic (exact) mass is 341 g/mol. The molecule has 23 heavy (non-hydrogen) atoms. The fourth-order valence-corrected chi connectivity index (χ4v) is 2.83. The number of aliphatic hydroxyl groups is 1. The summed E-state index contributed by atoms with van der Waals surface area (Å²) in [5.41, 5.74) is -3.11. The van der Waals surface area contributed by atoms with Gasteiger partial charge in [-0.25, -0.2) is 0 Å². The van der Waals surface area contributed by atoms with Crippen molar-refractivity contribution in [3.8, 4) is 0 Å². The Kier molecular flexibility index (Phi) is 3.69. The number of thiophene rings is 1. The van der Waals surface area contributed by atoms with E-state index in [1.807, 2.05) is 0 Å². The van der Waals surface area contributed by atoms with Crippen LogP contribution in [-0.4, -0.2) is 38.6 Å². The Hall–Kier alpha value is -2.26. The molecule has 5 nitrogen and oxygen atoms in total. The molecule has 1 amide bonds. The standard InChI is InChI=1S/C14H10F3N3O2S/c15-14(16,17)13(22)7-10(9-3-1-5-18-8-9)19-20(13)12(21)11-4-2-6-23-11/h1-6,8,22H,7H2. The summed E-state index contributed by atoms with van der Waals surface area (Å²) < 4.78 is 40.1. The van der Waals surface area contributed by atoms with E-state index in [0.717, 1.165) is 11.3 Å². The van der Waals surface area contributed by atoms with Crippen molar-refractivity contribution in [2.24, 2.45) is 5.10 Å². The molecule has 9 heteroatoms. The predicted molar refractivity (Wildman–Crippen MR) is 76.9 cm³/mol. The molecule has 1 aliphatic heterocycles. The molecule has 0 fully saturated rings. The minimum absolute atomic E-state index is 0.0529. The first-order valence-electron chi connectivity index (χ1n) is 6.48. The number of halogens is 3. The summed E-state index contributed by atoms with van der Waals surface area (Å²) in [4.78, 5) is 16.2. The van der Waals surface area contributed by atoms with Gasteiger partial charge in [-0.05, 0) is 17.5 Å². The van der Waals surface area contributed by atoms with Gasteiger partial charge in [-0.1, -0.05) is 12.1 Å². The lowest BCUT2D eigenvalue weighted by atomic mass is 10.0. The predicted octanol–water partition coefficient (Wildman–Crippen LogP) is 2.64. The first-order valence-corrected chi connectivity index (χ1v) is 7.36. The number of nitrogens with zero attached hydrogens (tertiary/aromatic N) is 3. The van der Waals surface area contributed by atoms with E-state index in [4.69, 9.17) is 0 Å². The highest BCUT2D eigenvalue weighted by Gasteiger charge is 2.63. The molecule has 1 atom stereocenters. The van der Waals surface area contributed by atoms with E-state index in [9.17, 15) is 23.1 Å². The van der Waals surface area contributed by atoms with E-state index >= 15 is 0 Å². The maximum atomic E-state index is 13.4. The van der Waals surface area contributed by atoms with Crippen molar-refractivity contribution in [2.45, 2.75) is 18.3 Å². The number of hydrogen-bond acceptors (Lipinski definition) is 5. The largest absolute Gasteiger partial charge is 0.438 e. The van der Waals surface area contributed by atoms with Gasteiger partial charge >= 0.3 is 6.18 Å². The Morgan fingerprint density at radius 2 is 2.13 bits per heavy atom. The smallest absolute Gasteiger partial charge is 0.362 e. The molecule has 1 unspecified atom stereocenters. The first kappa shape index (κ1) is 15.6. The van der Waals surface area contributed by atoms with Crippen LogP contribution in [0.25, 0.3) is 0 Å². The fraction of sp³-hybridized carbons (Fsp3) is 0.214.